The molecule has 2 unspecified atom stereocenters. The summed E-state index contributed by atoms with van der Waals surface area (Å²) in [4.78, 5) is 10.4. The number of alkyl halides is 1. The van der Waals surface area contributed by atoms with E-state index < -0.39 is 12.3 Å². The van der Waals surface area contributed by atoms with Crippen LogP contribution >= 0.6 is 0 Å². The number of nitrogens with one attached hydrogen (secondary N) is 1. The van der Waals surface area contributed by atoms with Crippen LogP contribution in [0.25, 0.3) is 5.57 Å². The van der Waals surface area contributed by atoms with Gasteiger partial charge in [0, 0.05) is 27.2 Å². The van der Waals surface area contributed by atoms with E-state index in [9.17, 15) is 9.50 Å². The Hall–Kier alpha value is -1.90. The number of halogens is 1. The minimum absolute atomic E-state index is 0.415. The number of carbonyl (C=O) groups excluding carboxylic acids is 1. The summed E-state index contributed by atoms with van der Waals surface area (Å²) in [5.41, 5.74) is 2.96. The molecule has 7 heteroatoms. The number of unbranched alkanes of at least 4 members (excludes halogenated alkanes) is 2. The number of hydrogen-bond donors (Lipinski definition) is 3. The van der Waals surface area contributed by atoms with Gasteiger partial charge in [-0.1, -0.05) is 49.8 Å². The molecular formula is C30H53FN2O4. The topological polar surface area (TPSA) is 82.0 Å². The molecule has 0 amide bonds. The normalized spacial score (nSPS) is 16.9. The average molecular weight is 525 g/mol. The van der Waals surface area contributed by atoms with Crippen molar-refractivity contribution in [2.45, 2.75) is 70.6 Å². The zero-order chi connectivity index (χ0) is 28.3. The first-order chi connectivity index (χ1) is 18.0. The van der Waals surface area contributed by atoms with Crippen molar-refractivity contribution in [1.82, 2.24) is 10.2 Å². The first-order valence-electron chi connectivity index (χ1n) is 13.4. The second-order valence-electron chi connectivity index (χ2n) is 8.83. The number of hydrogen-bond acceptors (Lipinski definition) is 6. The first kappa shape index (κ1) is 37.3. The molecule has 214 valence electrons. The molecule has 0 bridgehead atoms. The van der Waals surface area contributed by atoms with Crippen LogP contribution in [0.2, 0.25) is 0 Å². The molecule has 1 aliphatic heterocycles. The Morgan fingerprint density at radius 3 is 2.27 bits per heavy atom. The number of methoxy groups -OCH3 is 1. The molecule has 0 aromatic heterocycles. The van der Waals surface area contributed by atoms with Crippen molar-refractivity contribution in [2.75, 3.05) is 54.6 Å². The highest BCUT2D eigenvalue weighted by Crippen LogP contribution is 2.30. The molecule has 1 fully saturated rings. The van der Waals surface area contributed by atoms with Crippen molar-refractivity contribution < 1.29 is 24.1 Å². The van der Waals surface area contributed by atoms with Crippen LogP contribution in [0.4, 0.5) is 4.39 Å². The lowest BCUT2D eigenvalue weighted by Gasteiger charge is -2.18. The summed E-state index contributed by atoms with van der Waals surface area (Å²) in [7, 11) is 6.84. The number of aliphatic hydroxyl groups excluding tert-OH is 2. The van der Waals surface area contributed by atoms with E-state index in [1.807, 2.05) is 50.3 Å². The van der Waals surface area contributed by atoms with Gasteiger partial charge in [-0.2, -0.15) is 0 Å². The summed E-state index contributed by atoms with van der Waals surface area (Å²) >= 11 is 0. The van der Waals surface area contributed by atoms with E-state index in [4.69, 9.17) is 14.6 Å². The zero-order valence-corrected chi connectivity index (χ0v) is 23.9. The van der Waals surface area contributed by atoms with E-state index in [1.54, 1.807) is 13.2 Å². The Bertz CT molecular complexity index is 690. The maximum atomic E-state index is 13.2. The number of likely N-dealkylation sites (tertiary alicyclic amines) is 1. The van der Waals surface area contributed by atoms with E-state index in [-0.39, 0.29) is 0 Å². The third-order valence-electron chi connectivity index (χ3n) is 5.86. The van der Waals surface area contributed by atoms with Crippen LogP contribution in [0.1, 0.15) is 75.5 Å². The van der Waals surface area contributed by atoms with Gasteiger partial charge in [-0.25, -0.2) is 4.39 Å². The van der Waals surface area contributed by atoms with E-state index in [2.05, 4.69) is 24.2 Å². The number of benzene rings is 1. The molecule has 2 aliphatic rings. The number of aliphatic hydroxyl groups is 2. The van der Waals surface area contributed by atoms with Crippen molar-refractivity contribution in [3.8, 4) is 0 Å². The monoisotopic (exact) mass is 524 g/mol. The molecule has 0 spiro atoms. The fourth-order valence-electron chi connectivity index (χ4n) is 3.80. The fraction of sp³-hybridized carbons (Fsp3) is 0.633. The summed E-state index contributed by atoms with van der Waals surface area (Å²) < 4.78 is 18.0. The predicted molar refractivity (Wildman–Crippen MR) is 155 cm³/mol. The molecule has 0 radical (unpaired) electrons. The molecular weight excluding hydrogens is 471 g/mol. The largest absolute Gasteiger partial charge is 0.400 e. The van der Waals surface area contributed by atoms with Gasteiger partial charge in [-0.3, -0.25) is 0 Å². The Labute approximate surface area is 225 Å². The standard InChI is InChI=1S/C18H24FNO.C5H11N.C5H12O.CH4O.CH2O/c1-20-13-5-4-8-18(21)17-7-3-2-6-16(17)14-9-11-15(19)12-10-14;1-6-4-2-3-5-6;1-3-4-5-6-2;2*1-2/h2-3,6-7,9-11,15,18,20-21H,4-5,8,12-13H2,1H3;2-5H2,1H3;3-5H2,1-2H3;2H,1H3;1H2. The lowest BCUT2D eigenvalue weighted by Crippen LogP contribution is -2.10. The number of rotatable bonds is 10. The summed E-state index contributed by atoms with van der Waals surface area (Å²) in [6, 6.07) is 7.87. The average Bonchev–Trinajstić information content (AvgIpc) is 3.44. The molecule has 1 aliphatic carbocycles. The third-order valence-corrected chi connectivity index (χ3v) is 5.86. The highest BCUT2D eigenvalue weighted by atomic mass is 19.1. The molecule has 1 saturated heterocycles. The van der Waals surface area contributed by atoms with Gasteiger partial charge in [0.05, 0.1) is 6.10 Å². The van der Waals surface area contributed by atoms with E-state index >= 15 is 0 Å². The quantitative estimate of drug-likeness (QED) is 0.358. The third kappa shape index (κ3) is 18.9. The first-order valence-corrected chi connectivity index (χ1v) is 13.4. The molecule has 1 heterocycles. The van der Waals surface area contributed by atoms with Gasteiger partial charge >= 0.3 is 0 Å². The molecule has 1 aromatic rings. The predicted octanol–water partition coefficient (Wildman–Crippen LogP) is 5.36. The lowest BCUT2D eigenvalue weighted by molar-refractivity contribution is -0.0980. The lowest BCUT2D eigenvalue weighted by atomic mass is 9.91. The van der Waals surface area contributed by atoms with Crippen molar-refractivity contribution in [3.63, 3.8) is 0 Å². The number of ether oxygens (including phenoxy) is 1. The van der Waals surface area contributed by atoms with Gasteiger partial charge in [0.15, 0.2) is 0 Å². The second kappa shape index (κ2) is 27.1. The smallest absolute Gasteiger partial charge is 0.122 e. The summed E-state index contributed by atoms with van der Waals surface area (Å²) in [6.07, 6.45) is 12.4. The van der Waals surface area contributed by atoms with Gasteiger partial charge in [0.2, 0.25) is 0 Å². The highest BCUT2D eigenvalue weighted by molar-refractivity contribution is 5.77. The molecule has 2 atom stereocenters. The van der Waals surface area contributed by atoms with E-state index in [1.165, 1.54) is 38.8 Å². The van der Waals surface area contributed by atoms with Crippen LogP contribution in [-0.4, -0.2) is 82.6 Å². The van der Waals surface area contributed by atoms with Gasteiger partial charge in [-0.15, -0.1) is 0 Å². The summed E-state index contributed by atoms with van der Waals surface area (Å²) in [6.45, 7) is 8.68. The van der Waals surface area contributed by atoms with Crippen LogP contribution in [0.5, 0.6) is 0 Å². The Morgan fingerprint density at radius 1 is 1.16 bits per heavy atom. The van der Waals surface area contributed by atoms with Crippen LogP contribution in [0, 0.1) is 0 Å². The molecule has 0 saturated carbocycles. The van der Waals surface area contributed by atoms with Crippen molar-refractivity contribution in [3.05, 3.63) is 53.6 Å². The highest BCUT2D eigenvalue weighted by Gasteiger charge is 2.15. The minimum atomic E-state index is -0.882. The number of carbonyl (C=O) groups is 1. The number of nitrogens with zero attached hydrogens (tertiary/aromatic N) is 1. The maximum absolute atomic E-state index is 13.2. The minimum Gasteiger partial charge on any atom is -0.400 e. The van der Waals surface area contributed by atoms with Crippen molar-refractivity contribution in [1.29, 1.82) is 0 Å². The van der Waals surface area contributed by atoms with Crippen LogP contribution in [0.3, 0.4) is 0 Å². The Balaban J connectivity index is 0. The van der Waals surface area contributed by atoms with Crippen LogP contribution in [0.15, 0.2) is 42.5 Å². The van der Waals surface area contributed by atoms with E-state index in [0.29, 0.717) is 6.42 Å². The molecule has 1 aromatic carbocycles. The molecule has 3 rings (SSSR count). The van der Waals surface area contributed by atoms with Gasteiger partial charge < -0.3 is 30.0 Å². The number of allylic oxidation sites excluding steroid dienone is 4. The van der Waals surface area contributed by atoms with E-state index in [0.717, 1.165) is 56.2 Å². The Kier molecular flexibility index (Phi) is 27.3. The maximum Gasteiger partial charge on any atom is 0.122 e. The van der Waals surface area contributed by atoms with Gasteiger partial charge in [0.1, 0.15) is 13.0 Å². The molecule has 3 N–H and O–H groups in total. The Morgan fingerprint density at radius 2 is 1.81 bits per heavy atom. The summed E-state index contributed by atoms with van der Waals surface area (Å²) in [5, 5.41) is 20.6. The van der Waals surface area contributed by atoms with Crippen LogP contribution < -0.4 is 5.32 Å². The zero-order valence-electron chi connectivity index (χ0n) is 23.9. The van der Waals surface area contributed by atoms with Crippen molar-refractivity contribution >= 4 is 12.4 Å². The summed E-state index contributed by atoms with van der Waals surface area (Å²) in [5.74, 6) is 0. The second-order valence-corrected chi connectivity index (χ2v) is 8.83. The molecule has 37 heavy (non-hydrogen) atoms. The SMILES string of the molecule is C=O.CCCCOC.CN1CCCC1.CNCCCCC(O)c1ccccc1C1=CCC(F)C=C1.CO. The van der Waals surface area contributed by atoms with Gasteiger partial charge in [-0.05, 0) is 95.0 Å². The molecule has 6 nitrogen and oxygen atoms in total. The van der Waals surface area contributed by atoms with Crippen molar-refractivity contribution in [2.24, 2.45) is 0 Å². The fourth-order valence-corrected chi connectivity index (χ4v) is 3.80. The van der Waals surface area contributed by atoms with Crippen LogP contribution in [-0.2, 0) is 9.53 Å². The van der Waals surface area contributed by atoms with Gasteiger partial charge in [0.25, 0.3) is 0 Å².